The molecule has 0 aliphatic heterocycles. The number of ether oxygens (including phenoxy) is 2. The van der Waals surface area contributed by atoms with Gasteiger partial charge >= 0.3 is 0 Å². The Labute approximate surface area is 168 Å². The molecule has 3 rings (SSSR count). The van der Waals surface area contributed by atoms with Crippen molar-refractivity contribution in [2.75, 3.05) is 13.7 Å². The van der Waals surface area contributed by atoms with Gasteiger partial charge in [0, 0.05) is 12.1 Å². The summed E-state index contributed by atoms with van der Waals surface area (Å²) < 4.78 is 14.0. The van der Waals surface area contributed by atoms with E-state index in [2.05, 4.69) is 18.5 Å². The molecule has 1 amide bonds. The number of amides is 1. The molecular weight excluding hydrogens is 372 g/mol. The lowest BCUT2D eigenvalue weighted by Crippen LogP contribution is -2.16. The summed E-state index contributed by atoms with van der Waals surface area (Å²) in [5, 5.41) is 0. The van der Waals surface area contributed by atoms with Crippen LogP contribution >= 0.6 is 11.3 Å². The van der Waals surface area contributed by atoms with E-state index in [1.807, 2.05) is 34.9 Å². The first kappa shape index (κ1) is 19.9. The Bertz CT molecular complexity index is 1050. The fourth-order valence-corrected chi connectivity index (χ4v) is 3.84. The molecule has 0 unspecified atom stereocenters. The van der Waals surface area contributed by atoms with Crippen LogP contribution in [0.15, 0.2) is 60.1 Å². The molecule has 2 aromatic carbocycles. The number of methoxy groups -OCH3 is 1. The number of nitrogens with zero attached hydrogens (tertiary/aromatic N) is 2. The van der Waals surface area contributed by atoms with Crippen molar-refractivity contribution in [3.63, 3.8) is 0 Å². The van der Waals surface area contributed by atoms with E-state index in [1.165, 1.54) is 11.3 Å². The maximum absolute atomic E-state index is 12.8. The average molecular weight is 397 g/mol. The Morgan fingerprint density at radius 3 is 2.86 bits per heavy atom. The summed E-state index contributed by atoms with van der Waals surface area (Å²) in [6.45, 7) is 7.14. The predicted octanol–water partition coefficient (Wildman–Crippen LogP) is 4.82. The second kappa shape index (κ2) is 9.37. The average Bonchev–Trinajstić information content (AvgIpc) is 3.05. The summed E-state index contributed by atoms with van der Waals surface area (Å²) in [6, 6.07) is 13.0. The summed E-state index contributed by atoms with van der Waals surface area (Å²) in [4.78, 5) is 17.8. The highest BCUT2D eigenvalue weighted by atomic mass is 32.1. The molecule has 1 heterocycles. The predicted molar refractivity (Wildman–Crippen MR) is 113 cm³/mol. The number of aromatic nitrogens is 1. The summed E-state index contributed by atoms with van der Waals surface area (Å²) in [5.74, 6) is 1.17. The third-order valence-corrected chi connectivity index (χ3v) is 5.29. The molecule has 146 valence electrons. The number of allylic oxidation sites excluding steroid dienone is 1. The molecular formula is C22H24N2O3S. The van der Waals surface area contributed by atoms with Gasteiger partial charge in [0.05, 0.1) is 23.9 Å². The topological polar surface area (TPSA) is 52.8 Å². The molecule has 5 nitrogen and oxygen atoms in total. The first-order chi connectivity index (χ1) is 13.7. The van der Waals surface area contributed by atoms with Crippen molar-refractivity contribution < 1.29 is 14.3 Å². The Kier molecular flexibility index (Phi) is 6.66. The zero-order valence-electron chi connectivity index (χ0n) is 16.2. The van der Waals surface area contributed by atoms with E-state index in [4.69, 9.17) is 9.47 Å². The zero-order chi connectivity index (χ0) is 19.9. The van der Waals surface area contributed by atoms with Crippen LogP contribution in [0.3, 0.4) is 0 Å². The second-order valence-corrected chi connectivity index (χ2v) is 7.27. The normalized spacial score (nSPS) is 11.6. The van der Waals surface area contributed by atoms with Crippen molar-refractivity contribution in [1.29, 1.82) is 0 Å². The maximum Gasteiger partial charge on any atom is 0.279 e. The van der Waals surface area contributed by atoms with Crippen molar-refractivity contribution >= 4 is 27.5 Å². The molecule has 6 heteroatoms. The van der Waals surface area contributed by atoms with Crippen LogP contribution in [0.25, 0.3) is 10.2 Å². The van der Waals surface area contributed by atoms with E-state index in [1.54, 1.807) is 25.3 Å². The van der Waals surface area contributed by atoms with Crippen LogP contribution in [-0.2, 0) is 6.54 Å². The van der Waals surface area contributed by atoms with E-state index < -0.39 is 0 Å². The highest BCUT2D eigenvalue weighted by Crippen LogP contribution is 2.23. The molecule has 1 aromatic heterocycles. The fraction of sp³-hybridized carbons (Fsp3) is 0.273. The van der Waals surface area contributed by atoms with E-state index in [-0.39, 0.29) is 5.91 Å². The number of carbonyl (C=O) groups excluding carboxylic acids is 1. The van der Waals surface area contributed by atoms with E-state index >= 15 is 0 Å². The largest absolute Gasteiger partial charge is 0.497 e. The molecule has 28 heavy (non-hydrogen) atoms. The summed E-state index contributed by atoms with van der Waals surface area (Å²) in [6.07, 6.45) is 3.84. The number of thiazole rings is 1. The van der Waals surface area contributed by atoms with Gasteiger partial charge in [0.15, 0.2) is 4.80 Å². The van der Waals surface area contributed by atoms with Crippen LogP contribution in [0.5, 0.6) is 11.5 Å². The Balaban J connectivity index is 1.97. The van der Waals surface area contributed by atoms with Crippen LogP contribution in [0.1, 0.15) is 30.1 Å². The number of hydrogen-bond acceptors (Lipinski definition) is 4. The van der Waals surface area contributed by atoms with E-state index in [9.17, 15) is 4.79 Å². The molecule has 0 bridgehead atoms. The molecule has 0 saturated carbocycles. The molecule has 0 saturated heterocycles. The van der Waals surface area contributed by atoms with E-state index in [0.29, 0.717) is 29.3 Å². The standard InChI is InChI=1S/C22H24N2O3S/c1-4-6-13-27-18-9-7-8-16(14-18)21(25)23-22-24(12-5-2)19-11-10-17(26-3)15-20(19)28-22/h5,7-11,14-15H,2,4,6,12-13H2,1,3H3. The number of unbranched alkanes of at least 4 members (excludes halogenated alkanes) is 1. The molecule has 0 spiro atoms. The van der Waals surface area contributed by atoms with Gasteiger partial charge in [-0.1, -0.05) is 36.8 Å². The van der Waals surface area contributed by atoms with Crippen molar-refractivity contribution in [1.82, 2.24) is 4.57 Å². The van der Waals surface area contributed by atoms with Crippen LogP contribution in [-0.4, -0.2) is 24.2 Å². The van der Waals surface area contributed by atoms with Gasteiger partial charge < -0.3 is 14.0 Å². The number of fused-ring (bicyclic) bond motifs is 1. The van der Waals surface area contributed by atoms with Crippen molar-refractivity contribution in [2.24, 2.45) is 4.99 Å². The Hall–Kier alpha value is -2.86. The fourth-order valence-electron chi connectivity index (χ4n) is 2.78. The third kappa shape index (κ3) is 4.51. The minimum Gasteiger partial charge on any atom is -0.497 e. The SMILES string of the molecule is C=CCn1c(=NC(=O)c2cccc(OCCCC)c2)sc2cc(OC)ccc21. The van der Waals surface area contributed by atoms with Crippen LogP contribution < -0.4 is 14.3 Å². The molecule has 0 fully saturated rings. The van der Waals surface area contributed by atoms with Gasteiger partial charge in [0.2, 0.25) is 0 Å². The molecule has 3 aromatic rings. The maximum atomic E-state index is 12.8. The smallest absolute Gasteiger partial charge is 0.279 e. The van der Waals surface area contributed by atoms with Crippen LogP contribution in [0.2, 0.25) is 0 Å². The van der Waals surface area contributed by atoms with Crippen molar-refractivity contribution in [3.05, 3.63) is 65.5 Å². The van der Waals surface area contributed by atoms with Crippen molar-refractivity contribution in [2.45, 2.75) is 26.3 Å². The van der Waals surface area contributed by atoms with Crippen LogP contribution in [0, 0.1) is 0 Å². The van der Waals surface area contributed by atoms with Crippen molar-refractivity contribution in [3.8, 4) is 11.5 Å². The summed E-state index contributed by atoms with van der Waals surface area (Å²) in [5.41, 5.74) is 1.50. The molecule has 0 aliphatic rings. The van der Waals surface area contributed by atoms with Gasteiger partial charge in [-0.2, -0.15) is 4.99 Å². The van der Waals surface area contributed by atoms with E-state index in [0.717, 1.165) is 28.8 Å². The minimum absolute atomic E-state index is 0.294. The van der Waals surface area contributed by atoms with Gasteiger partial charge in [0.1, 0.15) is 11.5 Å². The number of carbonyl (C=O) groups is 1. The minimum atomic E-state index is -0.294. The molecule has 0 radical (unpaired) electrons. The number of rotatable bonds is 8. The lowest BCUT2D eigenvalue weighted by Gasteiger charge is -2.06. The lowest BCUT2D eigenvalue weighted by atomic mass is 10.2. The Morgan fingerprint density at radius 2 is 2.11 bits per heavy atom. The summed E-state index contributed by atoms with van der Waals surface area (Å²) >= 11 is 1.45. The first-order valence-corrected chi connectivity index (χ1v) is 10.1. The monoisotopic (exact) mass is 396 g/mol. The van der Waals surface area contributed by atoms with Crippen LogP contribution in [0.4, 0.5) is 0 Å². The number of benzene rings is 2. The quantitative estimate of drug-likeness (QED) is 0.405. The van der Waals surface area contributed by atoms with Gasteiger partial charge in [-0.25, -0.2) is 0 Å². The third-order valence-electron chi connectivity index (χ3n) is 4.25. The van der Waals surface area contributed by atoms with Gasteiger partial charge in [0.25, 0.3) is 5.91 Å². The highest BCUT2D eigenvalue weighted by Gasteiger charge is 2.10. The lowest BCUT2D eigenvalue weighted by molar-refractivity contribution is 0.0997. The molecule has 0 aliphatic carbocycles. The van der Waals surface area contributed by atoms with Gasteiger partial charge in [-0.3, -0.25) is 4.79 Å². The second-order valence-electron chi connectivity index (χ2n) is 6.26. The Morgan fingerprint density at radius 1 is 1.25 bits per heavy atom. The number of hydrogen-bond donors (Lipinski definition) is 0. The zero-order valence-corrected chi connectivity index (χ0v) is 17.0. The molecule has 0 atom stereocenters. The first-order valence-electron chi connectivity index (χ1n) is 9.26. The molecule has 0 N–H and O–H groups in total. The summed E-state index contributed by atoms with van der Waals surface area (Å²) in [7, 11) is 1.64. The van der Waals surface area contributed by atoms with Gasteiger partial charge in [-0.15, -0.1) is 6.58 Å². The highest BCUT2D eigenvalue weighted by molar-refractivity contribution is 7.16. The van der Waals surface area contributed by atoms with Gasteiger partial charge in [-0.05, 0) is 42.8 Å².